The maximum atomic E-state index is 8.68. The summed E-state index contributed by atoms with van der Waals surface area (Å²) in [6.07, 6.45) is 3.41. The zero-order valence-electron chi connectivity index (χ0n) is 11.2. The van der Waals surface area contributed by atoms with E-state index >= 15 is 0 Å². The first-order valence-corrected chi connectivity index (χ1v) is 6.27. The Hall–Kier alpha value is -2.46. The molecule has 0 aliphatic heterocycles. The lowest BCUT2D eigenvalue weighted by Crippen LogP contribution is -2.14. The molecule has 0 amide bonds. The van der Waals surface area contributed by atoms with Gasteiger partial charge in [-0.25, -0.2) is 0 Å². The number of nitriles is 2. The van der Waals surface area contributed by atoms with E-state index in [1.807, 2.05) is 24.3 Å². The monoisotopic (exact) mass is 255 g/mol. The molecule has 4 nitrogen and oxygen atoms in total. The molecule has 0 heterocycles. The van der Waals surface area contributed by atoms with Crippen molar-refractivity contribution in [2.24, 2.45) is 0 Å². The summed E-state index contributed by atoms with van der Waals surface area (Å²) in [5, 5.41) is 20.3. The van der Waals surface area contributed by atoms with Crippen LogP contribution in [-0.2, 0) is 0 Å². The summed E-state index contributed by atoms with van der Waals surface area (Å²) in [6.45, 7) is 4.15. The summed E-state index contributed by atoms with van der Waals surface area (Å²) in [6, 6.07) is 11.1. The molecule has 0 spiro atoms. The van der Waals surface area contributed by atoms with Gasteiger partial charge in [0.05, 0.1) is 11.8 Å². The van der Waals surface area contributed by atoms with Crippen LogP contribution in [0.25, 0.3) is 0 Å². The molecule has 19 heavy (non-hydrogen) atoms. The van der Waals surface area contributed by atoms with Crippen molar-refractivity contribution in [3.05, 3.63) is 36.0 Å². The molecule has 0 saturated heterocycles. The summed E-state index contributed by atoms with van der Waals surface area (Å²) in [5.41, 5.74) is 0.773. The summed E-state index contributed by atoms with van der Waals surface area (Å²) >= 11 is 0. The van der Waals surface area contributed by atoms with Crippen LogP contribution in [0.5, 0.6) is 5.75 Å². The Balaban J connectivity index is 2.88. The van der Waals surface area contributed by atoms with E-state index in [9.17, 15) is 0 Å². The fourth-order valence-electron chi connectivity index (χ4n) is 1.56. The van der Waals surface area contributed by atoms with Crippen molar-refractivity contribution in [2.45, 2.75) is 32.8 Å². The Bertz CT molecular complexity index is 503. The van der Waals surface area contributed by atoms with Crippen LogP contribution in [0.3, 0.4) is 0 Å². The van der Waals surface area contributed by atoms with Gasteiger partial charge in [-0.2, -0.15) is 10.5 Å². The quantitative estimate of drug-likeness (QED) is 0.788. The minimum atomic E-state index is 0.0253. The summed E-state index contributed by atoms with van der Waals surface area (Å²) in [5.74, 6) is 0.725. The van der Waals surface area contributed by atoms with Gasteiger partial charge in [0.25, 0.3) is 0 Å². The molecule has 0 saturated carbocycles. The highest BCUT2D eigenvalue weighted by Gasteiger charge is 2.08. The van der Waals surface area contributed by atoms with Crippen LogP contribution in [0.2, 0.25) is 0 Å². The summed E-state index contributed by atoms with van der Waals surface area (Å²) in [7, 11) is 0. The molecule has 0 radical (unpaired) electrons. The third-order valence-electron chi connectivity index (χ3n) is 2.70. The zero-order chi connectivity index (χ0) is 14.1. The first-order valence-electron chi connectivity index (χ1n) is 6.27. The predicted octanol–water partition coefficient (Wildman–Crippen LogP) is 3.60. The molecule has 0 bridgehead atoms. The summed E-state index contributed by atoms with van der Waals surface area (Å²) < 4.78 is 5.89. The molecule has 1 aromatic rings. The highest BCUT2D eigenvalue weighted by molar-refractivity contribution is 5.59. The molecule has 4 heteroatoms. The van der Waals surface area contributed by atoms with Gasteiger partial charge in [0, 0.05) is 6.20 Å². The molecular formula is C15H17N3O. The number of anilines is 1. The second kappa shape index (κ2) is 7.79. The highest BCUT2D eigenvalue weighted by atomic mass is 16.5. The molecule has 1 rings (SSSR count). The second-order valence-electron chi connectivity index (χ2n) is 3.98. The maximum Gasteiger partial charge on any atom is 0.145 e. The third-order valence-corrected chi connectivity index (χ3v) is 2.70. The Morgan fingerprint density at radius 2 is 1.89 bits per heavy atom. The Morgan fingerprint density at radius 1 is 1.26 bits per heavy atom. The van der Waals surface area contributed by atoms with Crippen molar-refractivity contribution < 1.29 is 4.74 Å². The van der Waals surface area contributed by atoms with E-state index in [4.69, 9.17) is 15.3 Å². The van der Waals surface area contributed by atoms with Gasteiger partial charge in [-0.05, 0) is 25.0 Å². The van der Waals surface area contributed by atoms with Gasteiger partial charge < -0.3 is 10.1 Å². The molecule has 98 valence electrons. The number of nitrogens with zero attached hydrogens (tertiary/aromatic N) is 2. The lowest BCUT2D eigenvalue weighted by molar-refractivity contribution is 0.194. The standard InChI is InChI=1S/C15H17N3O/c1-3-13(4-2)19-15-8-6-5-7-14(15)18-11-12(9-16)10-17/h5-8,11,13,18H,3-4H2,1-2H3. The Kier molecular flexibility index (Phi) is 5.98. The van der Waals surface area contributed by atoms with E-state index in [0.29, 0.717) is 0 Å². The van der Waals surface area contributed by atoms with Crippen LogP contribution in [0.15, 0.2) is 36.0 Å². The number of hydrogen-bond acceptors (Lipinski definition) is 4. The molecule has 0 atom stereocenters. The first kappa shape index (κ1) is 14.6. The van der Waals surface area contributed by atoms with Crippen molar-refractivity contribution in [3.8, 4) is 17.9 Å². The largest absolute Gasteiger partial charge is 0.488 e. The average molecular weight is 255 g/mol. The predicted molar refractivity (Wildman–Crippen MR) is 74.4 cm³/mol. The molecule has 1 aromatic carbocycles. The molecule has 1 N–H and O–H groups in total. The van der Waals surface area contributed by atoms with Gasteiger partial charge in [0.1, 0.15) is 23.5 Å². The van der Waals surface area contributed by atoms with E-state index in [1.54, 1.807) is 12.1 Å². The maximum absolute atomic E-state index is 8.68. The third kappa shape index (κ3) is 4.37. The smallest absolute Gasteiger partial charge is 0.145 e. The van der Waals surface area contributed by atoms with E-state index in [1.165, 1.54) is 6.20 Å². The minimum Gasteiger partial charge on any atom is -0.488 e. The number of hydrogen-bond donors (Lipinski definition) is 1. The number of allylic oxidation sites excluding steroid dienone is 1. The van der Waals surface area contributed by atoms with E-state index in [0.717, 1.165) is 24.3 Å². The lowest BCUT2D eigenvalue weighted by Gasteiger charge is -2.18. The van der Waals surface area contributed by atoms with E-state index in [2.05, 4.69) is 19.2 Å². The van der Waals surface area contributed by atoms with Crippen LogP contribution in [0.1, 0.15) is 26.7 Å². The number of nitrogens with one attached hydrogen (secondary N) is 1. The topological polar surface area (TPSA) is 68.8 Å². The molecule has 0 aliphatic carbocycles. The van der Waals surface area contributed by atoms with Crippen LogP contribution in [0.4, 0.5) is 5.69 Å². The Morgan fingerprint density at radius 3 is 2.47 bits per heavy atom. The normalized spacial score (nSPS) is 9.32. The van der Waals surface area contributed by atoms with Crippen molar-refractivity contribution in [2.75, 3.05) is 5.32 Å². The van der Waals surface area contributed by atoms with Gasteiger partial charge in [-0.15, -0.1) is 0 Å². The van der Waals surface area contributed by atoms with Crippen LogP contribution < -0.4 is 10.1 Å². The van der Waals surface area contributed by atoms with Crippen molar-refractivity contribution in [1.29, 1.82) is 10.5 Å². The second-order valence-corrected chi connectivity index (χ2v) is 3.98. The fraction of sp³-hybridized carbons (Fsp3) is 0.333. The van der Waals surface area contributed by atoms with Gasteiger partial charge >= 0.3 is 0 Å². The van der Waals surface area contributed by atoms with Crippen LogP contribution >= 0.6 is 0 Å². The van der Waals surface area contributed by atoms with Gasteiger partial charge in [-0.3, -0.25) is 0 Å². The van der Waals surface area contributed by atoms with Crippen molar-refractivity contribution >= 4 is 5.69 Å². The van der Waals surface area contributed by atoms with Crippen LogP contribution in [0, 0.1) is 22.7 Å². The van der Waals surface area contributed by atoms with Gasteiger partial charge in [-0.1, -0.05) is 26.0 Å². The van der Waals surface area contributed by atoms with Crippen molar-refractivity contribution in [1.82, 2.24) is 0 Å². The number of rotatable bonds is 6. The zero-order valence-corrected chi connectivity index (χ0v) is 11.2. The number of para-hydroxylation sites is 2. The van der Waals surface area contributed by atoms with Crippen molar-refractivity contribution in [3.63, 3.8) is 0 Å². The molecule has 0 fully saturated rings. The van der Waals surface area contributed by atoms with Gasteiger partial charge in [0.2, 0.25) is 0 Å². The van der Waals surface area contributed by atoms with Gasteiger partial charge in [0.15, 0.2) is 0 Å². The molecule has 0 unspecified atom stereocenters. The number of ether oxygens (including phenoxy) is 1. The van der Waals surface area contributed by atoms with E-state index in [-0.39, 0.29) is 11.7 Å². The first-order chi connectivity index (χ1) is 9.24. The SMILES string of the molecule is CCC(CC)Oc1ccccc1NC=C(C#N)C#N. The van der Waals surface area contributed by atoms with Crippen LogP contribution in [-0.4, -0.2) is 6.10 Å². The fourth-order valence-corrected chi connectivity index (χ4v) is 1.56. The molecular weight excluding hydrogens is 238 g/mol. The minimum absolute atomic E-state index is 0.0253. The lowest BCUT2D eigenvalue weighted by atomic mass is 10.2. The molecule has 0 aliphatic rings. The molecule has 0 aromatic heterocycles. The Labute approximate surface area is 113 Å². The summed E-state index contributed by atoms with van der Waals surface area (Å²) in [4.78, 5) is 0. The average Bonchev–Trinajstić information content (AvgIpc) is 2.47. The highest BCUT2D eigenvalue weighted by Crippen LogP contribution is 2.26. The number of benzene rings is 1. The van der Waals surface area contributed by atoms with E-state index < -0.39 is 0 Å².